The van der Waals surface area contributed by atoms with Crippen molar-refractivity contribution in [1.29, 1.82) is 0 Å². The predicted molar refractivity (Wildman–Crippen MR) is 66.6 cm³/mol. The molecule has 1 aromatic heterocycles. The summed E-state index contributed by atoms with van der Waals surface area (Å²) in [6.45, 7) is 5.99. The zero-order valence-corrected chi connectivity index (χ0v) is 10.5. The van der Waals surface area contributed by atoms with Crippen LogP contribution in [-0.2, 0) is 6.54 Å². The molecule has 1 rings (SSSR count). The molecule has 1 N–H and O–H groups in total. The van der Waals surface area contributed by atoms with Crippen molar-refractivity contribution >= 4 is 0 Å². The van der Waals surface area contributed by atoms with Crippen molar-refractivity contribution in [2.75, 3.05) is 13.7 Å². The van der Waals surface area contributed by atoms with E-state index in [0.29, 0.717) is 5.92 Å². The van der Waals surface area contributed by atoms with E-state index in [0.717, 1.165) is 24.6 Å². The standard InChI is InChI=1S/C13H22N2O/c1-4-11(5-2)10-16-13-7-6-12(8-14-3)15-9-13/h6-7,9,11,14H,4-5,8,10H2,1-3H3. The molecular formula is C13H22N2O. The molecule has 0 bridgehead atoms. The molecule has 0 aliphatic rings. The summed E-state index contributed by atoms with van der Waals surface area (Å²) in [7, 11) is 1.92. The second kappa shape index (κ2) is 7.23. The van der Waals surface area contributed by atoms with E-state index in [4.69, 9.17) is 4.74 Å². The van der Waals surface area contributed by atoms with Crippen molar-refractivity contribution in [3.05, 3.63) is 24.0 Å². The first-order valence-corrected chi connectivity index (χ1v) is 6.02. The minimum absolute atomic E-state index is 0.650. The van der Waals surface area contributed by atoms with Crippen LogP contribution in [0.4, 0.5) is 0 Å². The van der Waals surface area contributed by atoms with Gasteiger partial charge in [-0.15, -0.1) is 0 Å². The summed E-state index contributed by atoms with van der Waals surface area (Å²) >= 11 is 0. The minimum Gasteiger partial charge on any atom is -0.492 e. The van der Waals surface area contributed by atoms with Crippen LogP contribution in [0, 0.1) is 5.92 Å². The first kappa shape index (κ1) is 13.0. The molecule has 0 aliphatic carbocycles. The Labute approximate surface area is 98.2 Å². The average Bonchev–Trinajstić information content (AvgIpc) is 2.33. The minimum atomic E-state index is 0.650. The largest absolute Gasteiger partial charge is 0.492 e. The lowest BCUT2D eigenvalue weighted by Gasteiger charge is -2.13. The van der Waals surface area contributed by atoms with Crippen molar-refractivity contribution in [3.8, 4) is 5.75 Å². The summed E-state index contributed by atoms with van der Waals surface area (Å²) in [5.41, 5.74) is 1.04. The van der Waals surface area contributed by atoms with Crippen LogP contribution in [-0.4, -0.2) is 18.6 Å². The van der Waals surface area contributed by atoms with E-state index in [-0.39, 0.29) is 0 Å². The van der Waals surface area contributed by atoms with E-state index < -0.39 is 0 Å². The third-order valence-corrected chi connectivity index (χ3v) is 2.80. The Balaban J connectivity index is 2.42. The summed E-state index contributed by atoms with van der Waals surface area (Å²) in [6.07, 6.45) is 4.14. The van der Waals surface area contributed by atoms with Crippen LogP contribution in [0.2, 0.25) is 0 Å². The Morgan fingerprint density at radius 2 is 2.06 bits per heavy atom. The van der Waals surface area contributed by atoms with Gasteiger partial charge in [0.15, 0.2) is 0 Å². The van der Waals surface area contributed by atoms with Crippen molar-refractivity contribution in [3.63, 3.8) is 0 Å². The van der Waals surface area contributed by atoms with Crippen LogP contribution in [0.15, 0.2) is 18.3 Å². The highest BCUT2D eigenvalue weighted by Gasteiger charge is 2.04. The van der Waals surface area contributed by atoms with Gasteiger partial charge in [-0.25, -0.2) is 0 Å². The molecule has 0 atom stereocenters. The maximum atomic E-state index is 5.70. The van der Waals surface area contributed by atoms with Gasteiger partial charge < -0.3 is 10.1 Å². The van der Waals surface area contributed by atoms with Crippen LogP contribution in [0.5, 0.6) is 5.75 Å². The summed E-state index contributed by atoms with van der Waals surface area (Å²) in [6, 6.07) is 3.99. The van der Waals surface area contributed by atoms with E-state index in [1.54, 1.807) is 6.20 Å². The Morgan fingerprint density at radius 1 is 1.31 bits per heavy atom. The summed E-state index contributed by atoms with van der Waals surface area (Å²) in [5, 5.41) is 3.07. The molecule has 16 heavy (non-hydrogen) atoms. The van der Waals surface area contributed by atoms with Crippen molar-refractivity contribution in [2.45, 2.75) is 33.2 Å². The normalized spacial score (nSPS) is 10.8. The van der Waals surface area contributed by atoms with Crippen LogP contribution in [0.1, 0.15) is 32.4 Å². The molecule has 3 heteroatoms. The fourth-order valence-electron chi connectivity index (χ4n) is 1.52. The zero-order valence-electron chi connectivity index (χ0n) is 10.5. The number of hydrogen-bond acceptors (Lipinski definition) is 3. The van der Waals surface area contributed by atoms with Crippen molar-refractivity contribution in [1.82, 2.24) is 10.3 Å². The first-order valence-electron chi connectivity index (χ1n) is 6.02. The van der Waals surface area contributed by atoms with E-state index in [2.05, 4.69) is 24.1 Å². The smallest absolute Gasteiger partial charge is 0.137 e. The fourth-order valence-corrected chi connectivity index (χ4v) is 1.52. The summed E-state index contributed by atoms with van der Waals surface area (Å²) in [4.78, 5) is 4.31. The molecule has 0 saturated heterocycles. The Kier molecular flexibility index (Phi) is 5.86. The van der Waals surface area contributed by atoms with Crippen LogP contribution in [0.25, 0.3) is 0 Å². The van der Waals surface area contributed by atoms with Crippen LogP contribution in [0.3, 0.4) is 0 Å². The van der Waals surface area contributed by atoms with Gasteiger partial charge in [-0.2, -0.15) is 0 Å². The molecule has 1 aromatic rings. The van der Waals surface area contributed by atoms with Gasteiger partial charge in [0.1, 0.15) is 5.75 Å². The molecule has 0 radical (unpaired) electrons. The Hall–Kier alpha value is -1.09. The van der Waals surface area contributed by atoms with Gasteiger partial charge in [0.2, 0.25) is 0 Å². The van der Waals surface area contributed by atoms with Gasteiger partial charge in [-0.05, 0) is 25.1 Å². The molecular weight excluding hydrogens is 200 g/mol. The van der Waals surface area contributed by atoms with Gasteiger partial charge in [0, 0.05) is 6.54 Å². The molecule has 0 fully saturated rings. The van der Waals surface area contributed by atoms with Crippen molar-refractivity contribution < 1.29 is 4.74 Å². The average molecular weight is 222 g/mol. The molecule has 0 aliphatic heterocycles. The molecule has 0 amide bonds. The fraction of sp³-hybridized carbons (Fsp3) is 0.615. The maximum Gasteiger partial charge on any atom is 0.137 e. The molecule has 90 valence electrons. The van der Waals surface area contributed by atoms with E-state index in [9.17, 15) is 0 Å². The number of aromatic nitrogens is 1. The van der Waals surface area contributed by atoms with Gasteiger partial charge in [-0.3, -0.25) is 4.98 Å². The quantitative estimate of drug-likeness (QED) is 0.770. The molecule has 1 heterocycles. The number of nitrogens with zero attached hydrogens (tertiary/aromatic N) is 1. The number of nitrogens with one attached hydrogen (secondary N) is 1. The van der Waals surface area contributed by atoms with Gasteiger partial charge in [0.05, 0.1) is 18.5 Å². The first-order chi connectivity index (χ1) is 7.80. The highest BCUT2D eigenvalue weighted by atomic mass is 16.5. The van der Waals surface area contributed by atoms with E-state index in [1.807, 2.05) is 19.2 Å². The maximum absolute atomic E-state index is 5.70. The van der Waals surface area contributed by atoms with E-state index in [1.165, 1.54) is 12.8 Å². The third-order valence-electron chi connectivity index (χ3n) is 2.80. The third kappa shape index (κ3) is 4.19. The Morgan fingerprint density at radius 3 is 2.56 bits per heavy atom. The lowest BCUT2D eigenvalue weighted by molar-refractivity contribution is 0.240. The lowest BCUT2D eigenvalue weighted by Crippen LogP contribution is -2.11. The number of pyridine rings is 1. The second-order valence-electron chi connectivity index (χ2n) is 4.01. The van der Waals surface area contributed by atoms with Gasteiger partial charge in [0.25, 0.3) is 0 Å². The second-order valence-corrected chi connectivity index (χ2v) is 4.01. The van der Waals surface area contributed by atoms with Gasteiger partial charge >= 0.3 is 0 Å². The van der Waals surface area contributed by atoms with E-state index >= 15 is 0 Å². The number of ether oxygens (including phenoxy) is 1. The van der Waals surface area contributed by atoms with Gasteiger partial charge in [-0.1, -0.05) is 26.7 Å². The number of rotatable bonds is 7. The van der Waals surface area contributed by atoms with Crippen molar-refractivity contribution in [2.24, 2.45) is 5.92 Å². The molecule has 3 nitrogen and oxygen atoms in total. The summed E-state index contributed by atoms with van der Waals surface area (Å²) < 4.78 is 5.70. The highest BCUT2D eigenvalue weighted by Crippen LogP contribution is 2.13. The summed E-state index contributed by atoms with van der Waals surface area (Å²) in [5.74, 6) is 1.52. The molecule has 0 aromatic carbocycles. The van der Waals surface area contributed by atoms with Crippen LogP contribution < -0.4 is 10.1 Å². The Bertz CT molecular complexity index is 280. The van der Waals surface area contributed by atoms with Crippen LogP contribution >= 0.6 is 0 Å². The lowest BCUT2D eigenvalue weighted by atomic mass is 10.1. The highest BCUT2D eigenvalue weighted by molar-refractivity contribution is 5.19. The predicted octanol–water partition coefficient (Wildman–Crippen LogP) is 2.62. The monoisotopic (exact) mass is 222 g/mol. The molecule has 0 unspecified atom stereocenters. The number of hydrogen-bond donors (Lipinski definition) is 1. The topological polar surface area (TPSA) is 34.1 Å². The zero-order chi connectivity index (χ0) is 11.8. The SMILES string of the molecule is CCC(CC)COc1ccc(CNC)nc1. The molecule has 0 saturated carbocycles. The molecule has 0 spiro atoms.